The number of hydrogen-bond acceptors (Lipinski definition) is 0. The van der Waals surface area contributed by atoms with Crippen molar-refractivity contribution in [2.45, 2.75) is 17.7 Å². The summed E-state index contributed by atoms with van der Waals surface area (Å²) in [5, 5.41) is 0.545. The topological polar surface area (TPSA) is 0 Å². The van der Waals surface area contributed by atoms with Gasteiger partial charge in [0.2, 0.25) is 0 Å². The number of hydrogen-bond donors (Lipinski definition) is 0. The van der Waals surface area contributed by atoms with Crippen molar-refractivity contribution in [1.82, 2.24) is 0 Å². The van der Waals surface area contributed by atoms with E-state index in [1.165, 1.54) is 12.1 Å². The standard InChI is InChI=1S/C15H9BrF6/c16-8-9-1-3-10(4-2-9)11-5-12(14(17,18)19)7-13(6-11)15(20,21)22/h1-7H,8H2. The lowest BCUT2D eigenvalue weighted by molar-refractivity contribution is -0.143. The van der Waals surface area contributed by atoms with Crippen LogP contribution in [0.1, 0.15) is 16.7 Å². The van der Waals surface area contributed by atoms with Crippen molar-refractivity contribution >= 4 is 15.9 Å². The van der Waals surface area contributed by atoms with Crippen LogP contribution in [0.4, 0.5) is 26.3 Å². The SMILES string of the molecule is FC(F)(F)c1cc(-c2ccc(CBr)cc2)cc(C(F)(F)F)c1. The molecule has 0 bridgehead atoms. The van der Waals surface area contributed by atoms with Crippen molar-refractivity contribution in [1.29, 1.82) is 0 Å². The highest BCUT2D eigenvalue weighted by Gasteiger charge is 2.36. The highest BCUT2D eigenvalue weighted by atomic mass is 79.9. The molecule has 0 aliphatic rings. The van der Waals surface area contributed by atoms with E-state index in [-0.39, 0.29) is 11.6 Å². The predicted molar refractivity (Wildman–Crippen MR) is 74.5 cm³/mol. The molecule has 2 rings (SSSR count). The first-order chi connectivity index (χ1) is 10.1. The summed E-state index contributed by atoms with van der Waals surface area (Å²) < 4.78 is 76.8. The number of halogens is 7. The van der Waals surface area contributed by atoms with E-state index in [1.807, 2.05) is 0 Å². The second kappa shape index (κ2) is 5.95. The number of benzene rings is 2. The van der Waals surface area contributed by atoms with E-state index in [0.717, 1.165) is 17.7 Å². The van der Waals surface area contributed by atoms with Crippen molar-refractivity contribution in [2.75, 3.05) is 0 Å². The van der Waals surface area contributed by atoms with Crippen molar-refractivity contribution < 1.29 is 26.3 Å². The predicted octanol–water partition coefficient (Wildman–Crippen LogP) is 6.29. The molecule has 0 saturated carbocycles. The largest absolute Gasteiger partial charge is 0.416 e. The van der Waals surface area contributed by atoms with E-state index in [9.17, 15) is 26.3 Å². The molecule has 0 N–H and O–H groups in total. The fourth-order valence-electron chi connectivity index (χ4n) is 1.91. The minimum atomic E-state index is -4.84. The van der Waals surface area contributed by atoms with E-state index in [2.05, 4.69) is 15.9 Å². The summed E-state index contributed by atoms with van der Waals surface area (Å²) in [5.74, 6) is 0. The molecule has 7 heteroatoms. The normalized spacial score (nSPS) is 12.5. The smallest absolute Gasteiger partial charge is 0.166 e. The Balaban J connectivity index is 2.59. The van der Waals surface area contributed by atoms with Crippen molar-refractivity contribution in [3.63, 3.8) is 0 Å². The summed E-state index contributed by atoms with van der Waals surface area (Å²) in [5.41, 5.74) is -1.60. The molecule has 0 unspecified atom stereocenters. The molecule has 0 aliphatic heterocycles. The fraction of sp³-hybridized carbons (Fsp3) is 0.200. The second-order valence-electron chi connectivity index (χ2n) is 4.63. The van der Waals surface area contributed by atoms with Gasteiger partial charge >= 0.3 is 12.4 Å². The Hall–Kier alpha value is -1.50. The second-order valence-corrected chi connectivity index (χ2v) is 5.19. The Labute approximate surface area is 130 Å². The summed E-state index contributed by atoms with van der Waals surface area (Å²) in [6, 6.07) is 7.82. The van der Waals surface area contributed by atoms with Gasteiger partial charge in [-0.3, -0.25) is 0 Å². The molecule has 0 aliphatic carbocycles. The molecule has 2 aromatic rings. The third-order valence-corrected chi connectivity index (χ3v) is 3.68. The lowest BCUT2D eigenvalue weighted by Crippen LogP contribution is -2.11. The molecular formula is C15H9BrF6. The maximum Gasteiger partial charge on any atom is 0.416 e. The third kappa shape index (κ3) is 3.82. The van der Waals surface area contributed by atoms with E-state index in [4.69, 9.17) is 0 Å². The molecule has 118 valence electrons. The maximum atomic E-state index is 12.8. The average molecular weight is 383 g/mol. The third-order valence-electron chi connectivity index (χ3n) is 3.03. The van der Waals surface area contributed by atoms with Gasteiger partial charge in [0.1, 0.15) is 0 Å². The van der Waals surface area contributed by atoms with Gasteiger partial charge in [-0.1, -0.05) is 40.2 Å². The van der Waals surface area contributed by atoms with Gasteiger partial charge < -0.3 is 0 Å². The lowest BCUT2D eigenvalue weighted by Gasteiger charge is -2.14. The first-order valence-electron chi connectivity index (χ1n) is 6.06. The van der Waals surface area contributed by atoms with Gasteiger partial charge in [-0.15, -0.1) is 0 Å². The Morgan fingerprint density at radius 3 is 1.50 bits per heavy atom. The van der Waals surface area contributed by atoms with Gasteiger partial charge in [0.05, 0.1) is 11.1 Å². The van der Waals surface area contributed by atoms with Crippen LogP contribution < -0.4 is 0 Å². The Morgan fingerprint density at radius 2 is 1.14 bits per heavy atom. The summed E-state index contributed by atoms with van der Waals surface area (Å²) in [6.45, 7) is 0. The monoisotopic (exact) mass is 382 g/mol. The molecule has 0 amide bonds. The Bertz CT molecular complexity index is 623. The Morgan fingerprint density at radius 1 is 0.682 bits per heavy atom. The van der Waals surface area contributed by atoms with E-state index < -0.39 is 23.5 Å². The lowest BCUT2D eigenvalue weighted by atomic mass is 9.98. The van der Waals surface area contributed by atoms with Crippen LogP contribution in [0.2, 0.25) is 0 Å². The number of alkyl halides is 7. The maximum absolute atomic E-state index is 12.8. The summed E-state index contributed by atoms with van der Waals surface area (Å²) in [6.07, 6.45) is -9.68. The molecule has 0 spiro atoms. The minimum Gasteiger partial charge on any atom is -0.166 e. The van der Waals surface area contributed by atoms with Crippen LogP contribution in [0.15, 0.2) is 42.5 Å². The Kier molecular flexibility index (Phi) is 4.56. The van der Waals surface area contributed by atoms with Crippen LogP contribution in [0.25, 0.3) is 11.1 Å². The van der Waals surface area contributed by atoms with Crippen molar-refractivity contribution in [3.8, 4) is 11.1 Å². The molecule has 0 radical (unpaired) electrons. The van der Waals surface area contributed by atoms with Crippen LogP contribution in [0, 0.1) is 0 Å². The molecule has 0 atom stereocenters. The molecular weight excluding hydrogens is 374 g/mol. The first-order valence-corrected chi connectivity index (χ1v) is 7.18. The van der Waals surface area contributed by atoms with E-state index >= 15 is 0 Å². The molecule has 22 heavy (non-hydrogen) atoms. The van der Waals surface area contributed by atoms with Crippen LogP contribution >= 0.6 is 15.9 Å². The van der Waals surface area contributed by atoms with Crippen molar-refractivity contribution in [3.05, 3.63) is 59.2 Å². The van der Waals surface area contributed by atoms with Gasteiger partial charge in [-0.05, 0) is 34.9 Å². The molecule has 0 fully saturated rings. The summed E-state index contributed by atoms with van der Waals surface area (Å²) >= 11 is 3.22. The van der Waals surface area contributed by atoms with Crippen LogP contribution in [-0.2, 0) is 17.7 Å². The van der Waals surface area contributed by atoms with E-state index in [0.29, 0.717) is 10.9 Å². The highest BCUT2D eigenvalue weighted by molar-refractivity contribution is 9.08. The molecule has 2 aromatic carbocycles. The zero-order chi connectivity index (χ0) is 16.5. The van der Waals surface area contributed by atoms with E-state index in [1.54, 1.807) is 12.1 Å². The molecule has 0 aromatic heterocycles. The van der Waals surface area contributed by atoms with Gasteiger partial charge in [-0.2, -0.15) is 26.3 Å². The van der Waals surface area contributed by atoms with Crippen LogP contribution in [0.5, 0.6) is 0 Å². The van der Waals surface area contributed by atoms with Gasteiger partial charge in [-0.25, -0.2) is 0 Å². The van der Waals surface area contributed by atoms with Crippen LogP contribution in [0.3, 0.4) is 0 Å². The summed E-state index contributed by atoms with van der Waals surface area (Å²) in [4.78, 5) is 0. The molecule has 0 nitrogen and oxygen atoms in total. The fourth-order valence-corrected chi connectivity index (χ4v) is 2.28. The van der Waals surface area contributed by atoms with Gasteiger partial charge in [0.15, 0.2) is 0 Å². The van der Waals surface area contributed by atoms with Gasteiger partial charge in [0.25, 0.3) is 0 Å². The zero-order valence-electron chi connectivity index (χ0n) is 10.9. The zero-order valence-corrected chi connectivity index (χ0v) is 12.5. The van der Waals surface area contributed by atoms with Crippen molar-refractivity contribution in [2.24, 2.45) is 0 Å². The quantitative estimate of drug-likeness (QED) is 0.423. The highest BCUT2D eigenvalue weighted by Crippen LogP contribution is 2.38. The summed E-state index contributed by atoms with van der Waals surface area (Å²) in [7, 11) is 0. The van der Waals surface area contributed by atoms with Gasteiger partial charge in [0, 0.05) is 5.33 Å². The molecule has 0 heterocycles. The molecule has 0 saturated heterocycles. The minimum absolute atomic E-state index is 0.121. The number of rotatable bonds is 2. The average Bonchev–Trinajstić information content (AvgIpc) is 2.45. The first kappa shape index (κ1) is 16.9. The van der Waals surface area contributed by atoms with Crippen LogP contribution in [-0.4, -0.2) is 0 Å².